The molecule has 0 N–H and O–H groups in total. The molecule has 0 aromatic heterocycles. The number of hydrogen-bond acceptors (Lipinski definition) is 2. The second kappa shape index (κ2) is 6.04. The highest BCUT2D eigenvalue weighted by molar-refractivity contribution is 6.04. The molecule has 0 heterocycles. The molecule has 15 heavy (non-hydrogen) atoms. The molecule has 0 aromatic rings. The van der Waals surface area contributed by atoms with Crippen LogP contribution in [-0.4, -0.2) is 11.6 Å². The van der Waals surface area contributed by atoms with E-state index in [0.29, 0.717) is 12.8 Å². The summed E-state index contributed by atoms with van der Waals surface area (Å²) in [6.07, 6.45) is 6.49. The molecule has 1 aliphatic carbocycles. The summed E-state index contributed by atoms with van der Waals surface area (Å²) in [6, 6.07) is 0. The van der Waals surface area contributed by atoms with Crippen molar-refractivity contribution in [2.75, 3.05) is 0 Å². The van der Waals surface area contributed by atoms with Crippen molar-refractivity contribution in [3.63, 3.8) is 0 Å². The maximum atomic E-state index is 11.8. The predicted molar refractivity (Wildman–Crippen MR) is 60.7 cm³/mol. The highest BCUT2D eigenvalue weighted by Gasteiger charge is 2.36. The van der Waals surface area contributed by atoms with Crippen LogP contribution in [0, 0.1) is 11.8 Å². The molecule has 1 saturated carbocycles. The molecule has 0 aromatic carbocycles. The van der Waals surface area contributed by atoms with Gasteiger partial charge in [0.2, 0.25) is 0 Å². The Kier molecular flexibility index (Phi) is 5.00. The lowest BCUT2D eigenvalue weighted by Crippen LogP contribution is -2.24. The standard InChI is InChI=1S/C13H22O2/c1-3-5-6-7-12(14)11(4-2)13(15)10-8-9-10/h10-11H,3-9H2,1-2H3. The lowest BCUT2D eigenvalue weighted by atomic mass is 9.90. The fourth-order valence-corrected chi connectivity index (χ4v) is 1.96. The second-order valence-electron chi connectivity index (χ2n) is 4.56. The van der Waals surface area contributed by atoms with E-state index >= 15 is 0 Å². The third-order valence-corrected chi connectivity index (χ3v) is 3.15. The number of ketones is 2. The molecular formula is C13H22O2. The Balaban J connectivity index is 2.35. The summed E-state index contributed by atoms with van der Waals surface area (Å²) in [7, 11) is 0. The zero-order chi connectivity index (χ0) is 11.3. The van der Waals surface area contributed by atoms with Crippen LogP contribution in [0.5, 0.6) is 0 Å². The Morgan fingerprint density at radius 3 is 2.33 bits per heavy atom. The van der Waals surface area contributed by atoms with Crippen molar-refractivity contribution in [1.29, 1.82) is 0 Å². The molecule has 1 atom stereocenters. The van der Waals surface area contributed by atoms with Crippen molar-refractivity contribution >= 4 is 11.6 Å². The van der Waals surface area contributed by atoms with Crippen molar-refractivity contribution in [2.24, 2.45) is 11.8 Å². The van der Waals surface area contributed by atoms with Crippen molar-refractivity contribution < 1.29 is 9.59 Å². The first-order chi connectivity index (χ1) is 7.20. The van der Waals surface area contributed by atoms with Gasteiger partial charge in [0.15, 0.2) is 0 Å². The highest BCUT2D eigenvalue weighted by atomic mass is 16.2. The van der Waals surface area contributed by atoms with Crippen LogP contribution in [0.15, 0.2) is 0 Å². The molecular weight excluding hydrogens is 188 g/mol. The van der Waals surface area contributed by atoms with E-state index in [0.717, 1.165) is 32.1 Å². The van der Waals surface area contributed by atoms with E-state index in [2.05, 4.69) is 6.92 Å². The number of hydrogen-bond donors (Lipinski definition) is 0. The van der Waals surface area contributed by atoms with E-state index in [4.69, 9.17) is 0 Å². The maximum absolute atomic E-state index is 11.8. The van der Waals surface area contributed by atoms with Gasteiger partial charge in [-0.2, -0.15) is 0 Å². The van der Waals surface area contributed by atoms with Crippen LogP contribution >= 0.6 is 0 Å². The normalized spacial score (nSPS) is 17.5. The molecule has 2 nitrogen and oxygen atoms in total. The smallest absolute Gasteiger partial charge is 0.146 e. The van der Waals surface area contributed by atoms with Crippen molar-refractivity contribution in [1.82, 2.24) is 0 Å². The Hall–Kier alpha value is -0.660. The lowest BCUT2D eigenvalue weighted by molar-refractivity contribution is -0.133. The van der Waals surface area contributed by atoms with Crippen LogP contribution in [-0.2, 0) is 9.59 Å². The fraction of sp³-hybridized carbons (Fsp3) is 0.846. The van der Waals surface area contributed by atoms with Gasteiger partial charge in [0.25, 0.3) is 0 Å². The van der Waals surface area contributed by atoms with Crippen LogP contribution in [0.4, 0.5) is 0 Å². The van der Waals surface area contributed by atoms with Gasteiger partial charge >= 0.3 is 0 Å². The first-order valence-electron chi connectivity index (χ1n) is 6.27. The van der Waals surface area contributed by atoms with E-state index in [1.54, 1.807) is 0 Å². The molecule has 1 rings (SSSR count). The van der Waals surface area contributed by atoms with Gasteiger partial charge in [0, 0.05) is 12.3 Å². The molecule has 1 fully saturated rings. The minimum atomic E-state index is -0.283. The van der Waals surface area contributed by atoms with Crippen molar-refractivity contribution in [3.8, 4) is 0 Å². The molecule has 1 aliphatic rings. The second-order valence-corrected chi connectivity index (χ2v) is 4.56. The quantitative estimate of drug-likeness (QED) is 0.455. The number of carbonyl (C=O) groups is 2. The van der Waals surface area contributed by atoms with Crippen molar-refractivity contribution in [3.05, 3.63) is 0 Å². The summed E-state index contributed by atoms with van der Waals surface area (Å²) in [6.45, 7) is 4.07. The third kappa shape index (κ3) is 3.77. The molecule has 0 bridgehead atoms. The Morgan fingerprint density at radius 1 is 1.20 bits per heavy atom. The predicted octanol–water partition coefficient (Wildman–Crippen LogP) is 3.14. The summed E-state index contributed by atoms with van der Waals surface area (Å²) >= 11 is 0. The van der Waals surface area contributed by atoms with Gasteiger partial charge in [-0.15, -0.1) is 0 Å². The average Bonchev–Trinajstić information content (AvgIpc) is 3.02. The summed E-state index contributed by atoms with van der Waals surface area (Å²) in [5, 5.41) is 0. The monoisotopic (exact) mass is 210 g/mol. The minimum absolute atomic E-state index is 0.183. The van der Waals surface area contributed by atoms with Crippen LogP contribution in [0.3, 0.4) is 0 Å². The molecule has 0 radical (unpaired) electrons. The number of carbonyl (C=O) groups excluding carboxylic acids is 2. The SMILES string of the molecule is CCCCCC(=O)C(CC)C(=O)C1CC1. The zero-order valence-electron chi connectivity index (χ0n) is 9.92. The first kappa shape index (κ1) is 12.4. The topological polar surface area (TPSA) is 34.1 Å². The van der Waals surface area contributed by atoms with Gasteiger partial charge in [-0.1, -0.05) is 26.7 Å². The number of unbranched alkanes of at least 4 members (excludes halogenated alkanes) is 2. The van der Waals surface area contributed by atoms with Gasteiger partial charge in [-0.05, 0) is 25.7 Å². The van der Waals surface area contributed by atoms with E-state index < -0.39 is 0 Å². The molecule has 0 spiro atoms. The fourth-order valence-electron chi connectivity index (χ4n) is 1.96. The zero-order valence-corrected chi connectivity index (χ0v) is 9.92. The first-order valence-corrected chi connectivity index (χ1v) is 6.27. The van der Waals surface area contributed by atoms with Crippen LogP contribution in [0.1, 0.15) is 58.8 Å². The van der Waals surface area contributed by atoms with Crippen molar-refractivity contribution in [2.45, 2.75) is 58.8 Å². The number of rotatable bonds is 8. The van der Waals surface area contributed by atoms with E-state index in [-0.39, 0.29) is 23.4 Å². The van der Waals surface area contributed by atoms with Crippen LogP contribution < -0.4 is 0 Å². The molecule has 1 unspecified atom stereocenters. The van der Waals surface area contributed by atoms with Gasteiger partial charge in [-0.3, -0.25) is 9.59 Å². The maximum Gasteiger partial charge on any atom is 0.146 e. The molecule has 0 saturated heterocycles. The minimum Gasteiger partial charge on any atom is -0.299 e. The summed E-state index contributed by atoms with van der Waals surface area (Å²) < 4.78 is 0. The Morgan fingerprint density at radius 2 is 1.87 bits per heavy atom. The van der Waals surface area contributed by atoms with Crippen LogP contribution in [0.2, 0.25) is 0 Å². The van der Waals surface area contributed by atoms with E-state index in [1.807, 2.05) is 6.92 Å². The van der Waals surface area contributed by atoms with Gasteiger partial charge in [-0.25, -0.2) is 0 Å². The van der Waals surface area contributed by atoms with E-state index in [1.165, 1.54) is 0 Å². The Bertz CT molecular complexity index is 229. The largest absolute Gasteiger partial charge is 0.299 e. The Labute approximate surface area is 92.4 Å². The molecule has 86 valence electrons. The molecule has 0 aliphatic heterocycles. The van der Waals surface area contributed by atoms with Gasteiger partial charge in [0.1, 0.15) is 11.6 Å². The number of Topliss-reactive ketones (excluding diaryl/α,β-unsaturated/α-hetero) is 2. The van der Waals surface area contributed by atoms with Gasteiger partial charge in [0.05, 0.1) is 5.92 Å². The highest BCUT2D eigenvalue weighted by Crippen LogP contribution is 2.33. The van der Waals surface area contributed by atoms with Gasteiger partial charge < -0.3 is 0 Å². The van der Waals surface area contributed by atoms with Crippen LogP contribution in [0.25, 0.3) is 0 Å². The molecule has 0 amide bonds. The van der Waals surface area contributed by atoms with E-state index in [9.17, 15) is 9.59 Å². The average molecular weight is 210 g/mol. The lowest BCUT2D eigenvalue weighted by Gasteiger charge is -2.11. The summed E-state index contributed by atoms with van der Waals surface area (Å²) in [5.41, 5.74) is 0. The summed E-state index contributed by atoms with van der Waals surface area (Å²) in [5.74, 6) is 0.348. The third-order valence-electron chi connectivity index (χ3n) is 3.15. The summed E-state index contributed by atoms with van der Waals surface area (Å²) in [4.78, 5) is 23.6. The molecule has 2 heteroatoms.